The summed E-state index contributed by atoms with van der Waals surface area (Å²) in [5.74, 6) is -0.0562. The van der Waals surface area contributed by atoms with E-state index in [2.05, 4.69) is 27.8 Å². The summed E-state index contributed by atoms with van der Waals surface area (Å²) in [5.41, 5.74) is 4.15. The van der Waals surface area contributed by atoms with Gasteiger partial charge in [-0.1, -0.05) is 29.8 Å². The van der Waals surface area contributed by atoms with Crippen molar-refractivity contribution in [2.45, 2.75) is 13.3 Å². The topological polar surface area (TPSA) is 56.9 Å². The third-order valence-corrected chi connectivity index (χ3v) is 4.23. The van der Waals surface area contributed by atoms with E-state index in [0.29, 0.717) is 5.02 Å². The monoisotopic (exact) mass is 341 g/mol. The Morgan fingerprint density at radius 2 is 2.04 bits per heavy atom. The van der Waals surface area contributed by atoms with Crippen LogP contribution in [0.3, 0.4) is 0 Å². The Morgan fingerprint density at radius 1 is 1.21 bits per heavy atom. The van der Waals surface area contributed by atoms with Crippen molar-refractivity contribution in [2.75, 3.05) is 18.4 Å². The Morgan fingerprint density at radius 3 is 2.88 bits per heavy atom. The molecule has 4 nitrogen and oxygen atoms in total. The number of amides is 1. The fourth-order valence-corrected chi connectivity index (χ4v) is 2.95. The van der Waals surface area contributed by atoms with Gasteiger partial charge in [0.1, 0.15) is 0 Å². The second kappa shape index (κ2) is 7.51. The number of carbonyl (C=O) groups excluding carboxylic acids is 1. The maximum Gasteiger partial charge on any atom is 0.238 e. The predicted molar refractivity (Wildman–Crippen MR) is 99.7 cm³/mol. The fraction of sp³-hybridized carbons (Fsp3) is 0.211. The first-order valence-electron chi connectivity index (χ1n) is 7.95. The van der Waals surface area contributed by atoms with Crippen LogP contribution in [0.15, 0.2) is 48.7 Å². The van der Waals surface area contributed by atoms with Gasteiger partial charge in [0.2, 0.25) is 5.91 Å². The number of para-hydroxylation sites is 1. The molecule has 0 unspecified atom stereocenters. The van der Waals surface area contributed by atoms with Crippen molar-refractivity contribution in [1.82, 2.24) is 10.3 Å². The van der Waals surface area contributed by atoms with Crippen molar-refractivity contribution in [3.8, 4) is 0 Å². The molecule has 1 aromatic heterocycles. The fourth-order valence-electron chi connectivity index (χ4n) is 2.73. The number of aromatic nitrogens is 1. The summed E-state index contributed by atoms with van der Waals surface area (Å²) in [5, 5.41) is 7.99. The van der Waals surface area contributed by atoms with Crippen LogP contribution in [0.25, 0.3) is 10.9 Å². The van der Waals surface area contributed by atoms with E-state index in [9.17, 15) is 4.79 Å². The molecule has 0 radical (unpaired) electrons. The zero-order valence-electron chi connectivity index (χ0n) is 13.5. The zero-order chi connectivity index (χ0) is 16.9. The molecule has 0 fully saturated rings. The van der Waals surface area contributed by atoms with Crippen molar-refractivity contribution in [1.29, 1.82) is 0 Å². The summed E-state index contributed by atoms with van der Waals surface area (Å²) < 4.78 is 0. The summed E-state index contributed by atoms with van der Waals surface area (Å²) in [6.45, 7) is 2.95. The highest BCUT2D eigenvalue weighted by atomic mass is 35.5. The Balaban J connectivity index is 1.47. The molecule has 24 heavy (non-hydrogen) atoms. The van der Waals surface area contributed by atoms with Gasteiger partial charge in [0.15, 0.2) is 0 Å². The van der Waals surface area contributed by atoms with Gasteiger partial charge in [-0.25, -0.2) is 0 Å². The first-order valence-corrected chi connectivity index (χ1v) is 8.33. The summed E-state index contributed by atoms with van der Waals surface area (Å²) in [6, 6.07) is 13.7. The predicted octanol–water partition coefficient (Wildman–Crippen LogP) is 3.90. The number of anilines is 1. The van der Waals surface area contributed by atoms with Crippen LogP contribution in [0.2, 0.25) is 5.02 Å². The van der Waals surface area contributed by atoms with E-state index in [1.165, 1.54) is 10.9 Å². The highest BCUT2D eigenvalue weighted by molar-refractivity contribution is 6.30. The van der Waals surface area contributed by atoms with E-state index >= 15 is 0 Å². The quantitative estimate of drug-likeness (QED) is 0.595. The largest absolute Gasteiger partial charge is 0.361 e. The molecule has 3 N–H and O–H groups in total. The van der Waals surface area contributed by atoms with E-state index in [-0.39, 0.29) is 12.5 Å². The number of carbonyl (C=O) groups is 1. The number of aromatic amines is 1. The Kier molecular flexibility index (Phi) is 5.18. The molecule has 3 aromatic rings. The second-order valence-electron chi connectivity index (χ2n) is 5.79. The van der Waals surface area contributed by atoms with Crippen molar-refractivity contribution in [2.24, 2.45) is 0 Å². The van der Waals surface area contributed by atoms with Crippen LogP contribution in [-0.4, -0.2) is 24.0 Å². The smallest absolute Gasteiger partial charge is 0.238 e. The third-order valence-electron chi connectivity index (χ3n) is 3.99. The number of benzene rings is 2. The lowest BCUT2D eigenvalue weighted by atomic mass is 10.1. The molecule has 3 rings (SSSR count). The molecule has 1 heterocycles. The van der Waals surface area contributed by atoms with Crippen molar-refractivity contribution >= 4 is 34.1 Å². The van der Waals surface area contributed by atoms with Gasteiger partial charge < -0.3 is 15.6 Å². The average molecular weight is 342 g/mol. The van der Waals surface area contributed by atoms with Gasteiger partial charge in [-0.05, 0) is 55.3 Å². The molecule has 1 amide bonds. The van der Waals surface area contributed by atoms with Gasteiger partial charge in [0.25, 0.3) is 0 Å². The lowest BCUT2D eigenvalue weighted by Gasteiger charge is -2.09. The molecule has 0 saturated heterocycles. The van der Waals surface area contributed by atoms with Gasteiger partial charge in [-0.2, -0.15) is 0 Å². The van der Waals surface area contributed by atoms with Gasteiger partial charge in [0, 0.05) is 27.8 Å². The van der Waals surface area contributed by atoms with E-state index < -0.39 is 0 Å². The van der Waals surface area contributed by atoms with Crippen LogP contribution >= 0.6 is 11.6 Å². The Bertz CT molecular complexity index is 857. The first-order chi connectivity index (χ1) is 11.6. The summed E-state index contributed by atoms with van der Waals surface area (Å²) >= 11 is 5.92. The minimum Gasteiger partial charge on any atom is -0.361 e. The van der Waals surface area contributed by atoms with Crippen molar-refractivity contribution < 1.29 is 4.79 Å². The van der Waals surface area contributed by atoms with E-state index in [1.807, 2.05) is 37.4 Å². The van der Waals surface area contributed by atoms with E-state index in [1.54, 1.807) is 6.07 Å². The number of fused-ring (bicyclic) bond motifs is 1. The Labute approximate surface area is 146 Å². The highest BCUT2D eigenvalue weighted by Gasteiger charge is 2.06. The second-order valence-corrected chi connectivity index (χ2v) is 6.23. The van der Waals surface area contributed by atoms with Crippen LogP contribution in [0, 0.1) is 6.92 Å². The molecular weight excluding hydrogens is 322 g/mol. The molecule has 2 aromatic carbocycles. The van der Waals surface area contributed by atoms with Gasteiger partial charge in [-0.15, -0.1) is 0 Å². The zero-order valence-corrected chi connectivity index (χ0v) is 14.3. The Hall–Kier alpha value is -2.30. The van der Waals surface area contributed by atoms with Crippen molar-refractivity contribution in [3.05, 3.63) is 64.8 Å². The van der Waals surface area contributed by atoms with Crippen LogP contribution in [0.4, 0.5) is 5.69 Å². The molecule has 0 bridgehead atoms. The number of hydrogen-bond acceptors (Lipinski definition) is 2. The van der Waals surface area contributed by atoms with Crippen molar-refractivity contribution in [3.63, 3.8) is 0 Å². The molecule has 124 valence electrons. The first kappa shape index (κ1) is 16.6. The van der Waals surface area contributed by atoms with Gasteiger partial charge in [-0.3, -0.25) is 4.79 Å². The average Bonchev–Trinajstić information content (AvgIpc) is 2.98. The normalized spacial score (nSPS) is 10.9. The minimum atomic E-state index is -0.0562. The third kappa shape index (κ3) is 3.96. The van der Waals surface area contributed by atoms with Crippen LogP contribution < -0.4 is 10.6 Å². The van der Waals surface area contributed by atoms with E-state index in [4.69, 9.17) is 11.6 Å². The number of rotatable bonds is 6. The van der Waals surface area contributed by atoms with Crippen LogP contribution in [0.5, 0.6) is 0 Å². The minimum absolute atomic E-state index is 0.0562. The standard InChI is InChI=1S/C19H20ClN3O/c1-13-10-15(20)6-7-17(13)23-19(24)12-21-9-8-14-11-22-18-5-3-2-4-16(14)18/h2-7,10-11,21-22H,8-9,12H2,1H3,(H,23,24). The maximum atomic E-state index is 12.0. The molecule has 0 aliphatic carbocycles. The summed E-state index contributed by atoms with van der Waals surface area (Å²) in [4.78, 5) is 15.3. The molecule has 0 spiro atoms. The van der Waals surface area contributed by atoms with Crippen LogP contribution in [-0.2, 0) is 11.2 Å². The number of hydrogen-bond donors (Lipinski definition) is 3. The number of H-pyrrole nitrogens is 1. The maximum absolute atomic E-state index is 12.0. The SMILES string of the molecule is Cc1cc(Cl)ccc1NC(=O)CNCCc1c[nH]c2ccccc12. The number of aryl methyl sites for hydroxylation is 1. The van der Waals surface area contributed by atoms with E-state index in [0.717, 1.165) is 29.7 Å². The molecular formula is C19H20ClN3O. The molecule has 0 aliphatic heterocycles. The lowest BCUT2D eigenvalue weighted by molar-refractivity contribution is -0.115. The van der Waals surface area contributed by atoms with Gasteiger partial charge in [0.05, 0.1) is 6.54 Å². The molecule has 0 aliphatic rings. The summed E-state index contributed by atoms with van der Waals surface area (Å²) in [6.07, 6.45) is 2.90. The lowest BCUT2D eigenvalue weighted by Crippen LogP contribution is -2.29. The van der Waals surface area contributed by atoms with Crippen LogP contribution in [0.1, 0.15) is 11.1 Å². The molecule has 5 heteroatoms. The molecule has 0 atom stereocenters. The van der Waals surface area contributed by atoms with Gasteiger partial charge >= 0.3 is 0 Å². The summed E-state index contributed by atoms with van der Waals surface area (Å²) in [7, 11) is 0. The molecule has 0 saturated carbocycles. The highest BCUT2D eigenvalue weighted by Crippen LogP contribution is 2.19. The number of halogens is 1. The number of nitrogens with one attached hydrogen (secondary N) is 3.